The van der Waals surface area contributed by atoms with E-state index in [-0.39, 0.29) is 36.4 Å². The van der Waals surface area contributed by atoms with Crippen molar-refractivity contribution in [1.82, 2.24) is 20.3 Å². The molecule has 0 aliphatic rings. The first-order valence-electron chi connectivity index (χ1n) is 11.3. The van der Waals surface area contributed by atoms with E-state index in [9.17, 15) is 14.7 Å². The summed E-state index contributed by atoms with van der Waals surface area (Å²) in [7, 11) is 1.63. The van der Waals surface area contributed by atoms with Gasteiger partial charge in [-0.25, -0.2) is 0 Å². The predicted molar refractivity (Wildman–Crippen MR) is 134 cm³/mol. The summed E-state index contributed by atoms with van der Waals surface area (Å²) in [5.41, 5.74) is 6.02. The topological polar surface area (TPSA) is 111 Å². The van der Waals surface area contributed by atoms with E-state index >= 15 is 0 Å². The summed E-state index contributed by atoms with van der Waals surface area (Å²) in [4.78, 5) is 35.3. The van der Waals surface area contributed by atoms with Gasteiger partial charge in [0.1, 0.15) is 0 Å². The smallest absolute Gasteiger partial charge is 0.543 e. The van der Waals surface area contributed by atoms with Crippen molar-refractivity contribution in [2.75, 3.05) is 7.05 Å². The van der Waals surface area contributed by atoms with E-state index in [1.165, 1.54) is 12.3 Å². The standard InChI is InChI=1S/C28H24N4O3.Li/c1-15(2)20-9-18(10-21-23(27(33)29-3)14-32-26(20)21)19-6-4-5-16-11-25(31-13-22(16)19)17-7-8-24(28(34)35)30-12-17;/h4-15,32H,1-3H3,(H,29,33)(H,34,35);/q;+1/p-1. The molecular weight excluding hydrogens is 447 g/mol. The van der Waals surface area contributed by atoms with E-state index in [1.54, 1.807) is 19.3 Å². The van der Waals surface area contributed by atoms with Crippen molar-refractivity contribution in [3.05, 3.63) is 83.9 Å². The Kier molecular flexibility index (Phi) is 6.98. The van der Waals surface area contributed by atoms with Crippen LogP contribution in [0.15, 0.2) is 67.1 Å². The third-order valence-electron chi connectivity index (χ3n) is 6.26. The van der Waals surface area contributed by atoms with Crippen LogP contribution in [0.5, 0.6) is 0 Å². The number of H-pyrrole nitrogens is 1. The van der Waals surface area contributed by atoms with Gasteiger partial charge in [-0.05, 0) is 58.3 Å². The van der Waals surface area contributed by atoms with Crippen LogP contribution in [0.25, 0.3) is 44.1 Å². The largest absolute Gasteiger partial charge is 1.00 e. The molecule has 0 spiro atoms. The number of pyridine rings is 2. The first kappa shape index (κ1) is 25.2. The Hall–Kier alpha value is -3.92. The fourth-order valence-electron chi connectivity index (χ4n) is 4.44. The quantitative estimate of drug-likeness (QED) is 0.376. The van der Waals surface area contributed by atoms with Gasteiger partial charge in [0.15, 0.2) is 0 Å². The van der Waals surface area contributed by atoms with E-state index in [0.717, 1.165) is 38.4 Å². The molecule has 0 bridgehead atoms. The molecule has 7 nitrogen and oxygen atoms in total. The summed E-state index contributed by atoms with van der Waals surface area (Å²) in [6.07, 6.45) is 5.07. The molecule has 0 atom stereocenters. The van der Waals surface area contributed by atoms with Crippen LogP contribution in [0.3, 0.4) is 0 Å². The van der Waals surface area contributed by atoms with Gasteiger partial charge >= 0.3 is 18.9 Å². The molecule has 0 saturated heterocycles. The molecule has 3 aromatic heterocycles. The SMILES string of the molecule is CNC(=O)c1c[nH]c2c(C(C)C)cc(-c3cccc4cc(-c5ccc(C(=O)[O-])nc5)ncc34)cc12.[Li+]. The molecule has 5 aromatic rings. The monoisotopic (exact) mass is 470 g/mol. The number of amides is 1. The molecular formula is C28H23LiN4O3. The van der Waals surface area contributed by atoms with Crippen LogP contribution >= 0.6 is 0 Å². The third kappa shape index (κ3) is 4.39. The zero-order valence-electron chi connectivity index (χ0n) is 20.5. The van der Waals surface area contributed by atoms with Gasteiger partial charge in [0.05, 0.1) is 22.9 Å². The van der Waals surface area contributed by atoms with E-state index in [1.807, 2.05) is 30.5 Å². The zero-order chi connectivity index (χ0) is 24.7. The van der Waals surface area contributed by atoms with Crippen molar-refractivity contribution in [1.29, 1.82) is 0 Å². The molecule has 2 aromatic carbocycles. The molecule has 8 heteroatoms. The Labute approximate surface area is 220 Å². The first-order valence-corrected chi connectivity index (χ1v) is 11.3. The van der Waals surface area contributed by atoms with Crippen LogP contribution in [0.1, 0.15) is 46.2 Å². The number of aromatic nitrogens is 3. The minimum Gasteiger partial charge on any atom is -0.543 e. The number of benzene rings is 2. The second kappa shape index (κ2) is 9.98. The number of carboxylic acids is 1. The summed E-state index contributed by atoms with van der Waals surface area (Å²) in [6.45, 7) is 4.27. The summed E-state index contributed by atoms with van der Waals surface area (Å²) >= 11 is 0. The van der Waals surface area contributed by atoms with Crippen LogP contribution in [-0.4, -0.2) is 33.9 Å². The summed E-state index contributed by atoms with van der Waals surface area (Å²) < 4.78 is 0. The molecule has 3 heterocycles. The molecule has 2 N–H and O–H groups in total. The van der Waals surface area contributed by atoms with Gasteiger partial charge in [0.2, 0.25) is 0 Å². The Morgan fingerprint density at radius 1 is 0.972 bits per heavy atom. The maximum atomic E-state index is 12.5. The van der Waals surface area contributed by atoms with Crippen LogP contribution in [0, 0.1) is 0 Å². The molecule has 0 unspecified atom stereocenters. The fraction of sp³-hybridized carbons (Fsp3) is 0.143. The van der Waals surface area contributed by atoms with Gasteiger partial charge in [-0.1, -0.05) is 32.0 Å². The van der Waals surface area contributed by atoms with Crippen LogP contribution < -0.4 is 29.3 Å². The second-order valence-corrected chi connectivity index (χ2v) is 8.74. The van der Waals surface area contributed by atoms with Crippen molar-refractivity contribution < 1.29 is 33.6 Å². The number of nitrogens with one attached hydrogen (secondary N) is 2. The number of hydrogen-bond donors (Lipinski definition) is 2. The maximum absolute atomic E-state index is 12.5. The first-order chi connectivity index (χ1) is 16.9. The number of rotatable bonds is 5. The number of aromatic amines is 1. The number of carbonyl (C=O) groups excluding carboxylic acids is 2. The summed E-state index contributed by atoms with van der Waals surface area (Å²) in [6, 6.07) is 15.3. The van der Waals surface area contributed by atoms with Gasteiger partial charge in [0.25, 0.3) is 5.91 Å². The minimum absolute atomic E-state index is 0. The Balaban J connectivity index is 0.00000304. The number of carboxylic acid groups (broad SMARTS) is 1. The number of carbonyl (C=O) groups is 2. The molecule has 36 heavy (non-hydrogen) atoms. The van der Waals surface area contributed by atoms with Gasteiger partial charge < -0.3 is 20.2 Å². The third-order valence-corrected chi connectivity index (χ3v) is 6.26. The Bertz CT molecular complexity index is 1610. The predicted octanol–water partition coefficient (Wildman–Crippen LogP) is 1.30. The van der Waals surface area contributed by atoms with Gasteiger partial charge in [-0.3, -0.25) is 14.8 Å². The van der Waals surface area contributed by atoms with E-state index in [4.69, 9.17) is 0 Å². The van der Waals surface area contributed by atoms with Gasteiger partial charge in [0, 0.05) is 47.5 Å². The number of hydrogen-bond acceptors (Lipinski definition) is 5. The molecule has 5 rings (SSSR count). The van der Waals surface area contributed by atoms with Crippen molar-refractivity contribution in [2.45, 2.75) is 19.8 Å². The maximum Gasteiger partial charge on any atom is 1.00 e. The molecule has 174 valence electrons. The molecule has 0 fully saturated rings. The average Bonchev–Trinajstić information content (AvgIpc) is 3.31. The zero-order valence-corrected chi connectivity index (χ0v) is 20.5. The number of fused-ring (bicyclic) bond motifs is 2. The molecule has 0 saturated carbocycles. The van der Waals surface area contributed by atoms with Gasteiger partial charge in [-0.2, -0.15) is 0 Å². The van der Waals surface area contributed by atoms with E-state index in [0.29, 0.717) is 16.8 Å². The van der Waals surface area contributed by atoms with Crippen LogP contribution in [0.4, 0.5) is 0 Å². The molecule has 0 radical (unpaired) electrons. The van der Waals surface area contributed by atoms with Crippen molar-refractivity contribution in [3.8, 4) is 22.4 Å². The second-order valence-electron chi connectivity index (χ2n) is 8.74. The number of nitrogens with zero attached hydrogens (tertiary/aromatic N) is 2. The molecule has 0 aliphatic heterocycles. The van der Waals surface area contributed by atoms with Crippen LogP contribution in [0.2, 0.25) is 0 Å². The summed E-state index contributed by atoms with van der Waals surface area (Å²) in [5.74, 6) is -1.19. The van der Waals surface area contributed by atoms with Gasteiger partial charge in [-0.15, -0.1) is 0 Å². The van der Waals surface area contributed by atoms with Crippen molar-refractivity contribution in [2.24, 2.45) is 0 Å². The fourth-order valence-corrected chi connectivity index (χ4v) is 4.44. The Morgan fingerprint density at radius 2 is 1.78 bits per heavy atom. The van der Waals surface area contributed by atoms with E-state index < -0.39 is 5.97 Å². The Morgan fingerprint density at radius 3 is 2.44 bits per heavy atom. The molecule has 1 amide bonds. The summed E-state index contributed by atoms with van der Waals surface area (Å²) in [5, 5.41) is 16.6. The van der Waals surface area contributed by atoms with E-state index in [2.05, 4.69) is 46.2 Å². The average molecular weight is 470 g/mol. The van der Waals surface area contributed by atoms with Crippen LogP contribution in [-0.2, 0) is 0 Å². The minimum atomic E-state index is -1.31. The van der Waals surface area contributed by atoms with Crippen molar-refractivity contribution >= 4 is 33.6 Å². The van der Waals surface area contributed by atoms with Crippen molar-refractivity contribution in [3.63, 3.8) is 0 Å². The number of aromatic carboxylic acids is 1. The normalized spacial score (nSPS) is 11.0. The molecule has 0 aliphatic carbocycles.